The second-order valence-corrected chi connectivity index (χ2v) is 8.20. The minimum Gasteiger partial charge on any atom is -0.383 e. The first kappa shape index (κ1) is 16.2. The largest absolute Gasteiger partial charge is 0.383 e. The second-order valence-electron chi connectivity index (χ2n) is 4.91. The van der Waals surface area contributed by atoms with Gasteiger partial charge in [0.1, 0.15) is 10.7 Å². The van der Waals surface area contributed by atoms with Gasteiger partial charge in [-0.1, -0.05) is 0 Å². The van der Waals surface area contributed by atoms with Crippen LogP contribution in [0.25, 0.3) is 0 Å². The molecule has 1 fully saturated rings. The molecule has 2 heterocycles. The smallest absolute Gasteiger partial charge is 0.274 e. The van der Waals surface area contributed by atoms with Crippen molar-refractivity contribution < 1.29 is 16.8 Å². The number of piperidine rings is 1. The molecule has 0 aromatic carbocycles. The molecule has 12 heteroatoms. The van der Waals surface area contributed by atoms with Crippen molar-refractivity contribution in [3.8, 4) is 0 Å². The fraction of sp³-hybridized carbons (Fsp3) is 0.667. The fourth-order valence-corrected chi connectivity index (χ4v) is 4.31. The van der Waals surface area contributed by atoms with E-state index in [4.69, 9.17) is 10.9 Å². The quantitative estimate of drug-likeness (QED) is 0.494. The van der Waals surface area contributed by atoms with Crippen LogP contribution in [-0.4, -0.2) is 51.0 Å². The molecule has 1 saturated heterocycles. The number of hydrogen-bond acceptors (Lipinski definition) is 6. The molecule has 1 aliphatic heterocycles. The lowest BCUT2D eigenvalue weighted by molar-refractivity contribution is 0.267. The van der Waals surface area contributed by atoms with Gasteiger partial charge in [-0.2, -0.15) is 17.8 Å². The Balaban J connectivity index is 2.09. The van der Waals surface area contributed by atoms with E-state index in [2.05, 4.69) is 14.9 Å². The predicted octanol–water partition coefficient (Wildman–Crippen LogP) is -1.81. The summed E-state index contributed by atoms with van der Waals surface area (Å²) in [6.45, 7) is 0.667. The number of nitrogens with zero attached hydrogens (tertiary/aromatic N) is 2. The Labute approximate surface area is 123 Å². The summed E-state index contributed by atoms with van der Waals surface area (Å²) in [7, 11) is -7.51. The van der Waals surface area contributed by atoms with E-state index in [1.807, 2.05) is 0 Å². The molecule has 1 aromatic rings. The number of hydrogen-bond donors (Lipinski definition) is 4. The lowest BCUT2D eigenvalue weighted by atomic mass is 10.0. The third kappa shape index (κ3) is 3.91. The van der Waals surface area contributed by atoms with Gasteiger partial charge in [0.25, 0.3) is 10.2 Å². The molecule has 1 atom stereocenters. The first-order chi connectivity index (χ1) is 9.70. The molecule has 21 heavy (non-hydrogen) atoms. The van der Waals surface area contributed by atoms with Crippen molar-refractivity contribution in [2.75, 3.05) is 25.4 Å². The average Bonchev–Trinajstić information content (AvgIpc) is 2.83. The number of aromatic amines is 1. The standard InChI is InChI=1S/C9H18N6O4S2/c10-9-8(5-12-14-9)20(16,17)15-3-1-2-7(6-15)4-13-21(11,18)19/h5,7,13H,1-4,6H2,(H3,10,12,14)(H2,11,18,19). The van der Waals surface area contributed by atoms with E-state index in [0.717, 1.165) is 12.6 Å². The van der Waals surface area contributed by atoms with Crippen LogP contribution in [-0.2, 0) is 20.2 Å². The van der Waals surface area contributed by atoms with Crippen LogP contribution < -0.4 is 15.6 Å². The number of sulfonamides is 1. The Hall–Kier alpha value is -1.21. The molecule has 0 radical (unpaired) electrons. The van der Waals surface area contributed by atoms with Crippen LogP contribution in [0.15, 0.2) is 11.1 Å². The molecule has 10 nitrogen and oxygen atoms in total. The van der Waals surface area contributed by atoms with Gasteiger partial charge in [0.15, 0.2) is 0 Å². The second kappa shape index (κ2) is 5.88. The molecule has 0 amide bonds. The lowest BCUT2D eigenvalue weighted by Gasteiger charge is -2.31. The third-order valence-electron chi connectivity index (χ3n) is 3.31. The van der Waals surface area contributed by atoms with Crippen molar-refractivity contribution in [3.63, 3.8) is 0 Å². The highest BCUT2D eigenvalue weighted by Crippen LogP contribution is 2.25. The maximum absolute atomic E-state index is 12.4. The number of nitrogens with two attached hydrogens (primary N) is 2. The summed E-state index contributed by atoms with van der Waals surface area (Å²) in [6, 6.07) is 0. The van der Waals surface area contributed by atoms with Crippen LogP contribution in [0.3, 0.4) is 0 Å². The third-order valence-corrected chi connectivity index (χ3v) is 5.77. The number of anilines is 1. The van der Waals surface area contributed by atoms with Crippen LogP contribution in [0, 0.1) is 5.92 Å². The molecule has 1 unspecified atom stereocenters. The molecule has 0 aliphatic carbocycles. The van der Waals surface area contributed by atoms with Gasteiger partial charge in [-0.25, -0.2) is 18.3 Å². The first-order valence-corrected chi connectivity index (χ1v) is 9.25. The van der Waals surface area contributed by atoms with Crippen molar-refractivity contribution in [2.45, 2.75) is 17.7 Å². The van der Waals surface area contributed by atoms with Crippen molar-refractivity contribution in [3.05, 3.63) is 6.20 Å². The summed E-state index contributed by atoms with van der Waals surface area (Å²) in [5.41, 5.74) is 5.55. The Morgan fingerprint density at radius 1 is 1.43 bits per heavy atom. The molecule has 0 spiro atoms. The Morgan fingerprint density at radius 3 is 2.71 bits per heavy atom. The average molecular weight is 338 g/mol. The van der Waals surface area contributed by atoms with Crippen LogP contribution in [0.2, 0.25) is 0 Å². The number of nitrogen functional groups attached to an aromatic ring is 1. The molecule has 1 aliphatic rings. The molecule has 2 rings (SSSR count). The molecule has 1 aromatic heterocycles. The van der Waals surface area contributed by atoms with Crippen LogP contribution in [0.1, 0.15) is 12.8 Å². The Morgan fingerprint density at radius 2 is 2.14 bits per heavy atom. The zero-order valence-corrected chi connectivity index (χ0v) is 12.8. The van der Waals surface area contributed by atoms with E-state index < -0.39 is 20.2 Å². The van der Waals surface area contributed by atoms with Gasteiger partial charge in [-0.3, -0.25) is 5.10 Å². The number of nitrogens with one attached hydrogen (secondary N) is 2. The van der Waals surface area contributed by atoms with Crippen molar-refractivity contribution in [1.82, 2.24) is 19.2 Å². The molecular formula is C9H18N6O4S2. The summed E-state index contributed by atoms with van der Waals surface area (Å²) in [5, 5.41) is 10.9. The van der Waals surface area contributed by atoms with E-state index in [0.29, 0.717) is 13.0 Å². The van der Waals surface area contributed by atoms with E-state index >= 15 is 0 Å². The lowest BCUT2D eigenvalue weighted by Crippen LogP contribution is -2.44. The normalized spacial score (nSPS) is 21.5. The van der Waals surface area contributed by atoms with Crippen molar-refractivity contribution in [1.29, 1.82) is 0 Å². The van der Waals surface area contributed by atoms with E-state index in [9.17, 15) is 16.8 Å². The highest BCUT2D eigenvalue weighted by Gasteiger charge is 2.32. The molecule has 120 valence electrons. The zero-order valence-electron chi connectivity index (χ0n) is 11.2. The highest BCUT2D eigenvalue weighted by atomic mass is 32.2. The minimum absolute atomic E-state index is 0.0141. The molecule has 6 N–H and O–H groups in total. The van der Waals surface area contributed by atoms with Crippen LogP contribution in [0.5, 0.6) is 0 Å². The van der Waals surface area contributed by atoms with Crippen LogP contribution >= 0.6 is 0 Å². The summed E-state index contributed by atoms with van der Waals surface area (Å²) in [4.78, 5) is -0.0671. The van der Waals surface area contributed by atoms with Gasteiger partial charge >= 0.3 is 0 Å². The SMILES string of the molecule is Nc1[nH]ncc1S(=O)(=O)N1CCCC(CNS(N)(=O)=O)C1. The van der Waals surface area contributed by atoms with Gasteiger partial charge in [0.2, 0.25) is 10.0 Å². The number of H-pyrrole nitrogens is 1. The summed E-state index contributed by atoms with van der Waals surface area (Å²) in [6.07, 6.45) is 2.51. The topological polar surface area (TPSA) is 164 Å². The van der Waals surface area contributed by atoms with Crippen molar-refractivity contribution >= 4 is 26.1 Å². The zero-order chi connectivity index (χ0) is 15.7. The van der Waals surface area contributed by atoms with E-state index in [-0.39, 0.29) is 29.7 Å². The molecular weight excluding hydrogens is 320 g/mol. The summed E-state index contributed by atoms with van der Waals surface area (Å²) >= 11 is 0. The molecule has 0 saturated carbocycles. The Bertz CT molecular complexity index is 698. The predicted molar refractivity (Wildman–Crippen MR) is 75.6 cm³/mol. The maximum Gasteiger partial charge on any atom is 0.274 e. The van der Waals surface area contributed by atoms with Gasteiger partial charge in [-0.05, 0) is 18.8 Å². The fourth-order valence-electron chi connectivity index (χ4n) is 2.28. The monoisotopic (exact) mass is 338 g/mol. The van der Waals surface area contributed by atoms with Crippen molar-refractivity contribution in [2.24, 2.45) is 11.1 Å². The first-order valence-electron chi connectivity index (χ1n) is 6.26. The van der Waals surface area contributed by atoms with E-state index in [1.165, 1.54) is 4.31 Å². The maximum atomic E-state index is 12.4. The number of aromatic nitrogens is 2. The van der Waals surface area contributed by atoms with Gasteiger partial charge in [0, 0.05) is 19.6 Å². The molecule has 0 bridgehead atoms. The minimum atomic E-state index is -3.78. The number of rotatable bonds is 5. The Kier molecular flexibility index (Phi) is 4.53. The van der Waals surface area contributed by atoms with Gasteiger partial charge < -0.3 is 5.73 Å². The van der Waals surface area contributed by atoms with Crippen LogP contribution in [0.4, 0.5) is 5.82 Å². The summed E-state index contributed by atoms with van der Waals surface area (Å²) in [5.74, 6) is -0.153. The summed E-state index contributed by atoms with van der Waals surface area (Å²) < 4.78 is 50.1. The van der Waals surface area contributed by atoms with Gasteiger partial charge in [0.05, 0.1) is 6.20 Å². The van der Waals surface area contributed by atoms with E-state index in [1.54, 1.807) is 0 Å². The van der Waals surface area contributed by atoms with Gasteiger partial charge in [-0.15, -0.1) is 0 Å². The highest BCUT2D eigenvalue weighted by molar-refractivity contribution is 7.89.